The Morgan fingerprint density at radius 2 is 2.31 bits per heavy atom. The first-order valence-corrected chi connectivity index (χ1v) is 5.91. The number of hydrogen-bond donors (Lipinski definition) is 2. The fraction of sp³-hybridized carbons (Fsp3) is 0.636. The van der Waals surface area contributed by atoms with Gasteiger partial charge in [0.2, 0.25) is 0 Å². The lowest BCUT2D eigenvalue weighted by molar-refractivity contribution is 0.724. The second-order valence-electron chi connectivity index (χ2n) is 3.88. The summed E-state index contributed by atoms with van der Waals surface area (Å²) in [5.74, 6) is 1.93. The lowest BCUT2D eigenvalue weighted by Crippen LogP contribution is -2.28. The molecule has 5 nitrogen and oxygen atoms in total. The molecule has 1 saturated heterocycles. The average molecular weight is 221 g/mol. The first-order valence-electron chi connectivity index (χ1n) is 5.91. The van der Waals surface area contributed by atoms with Gasteiger partial charge in [0.1, 0.15) is 18.0 Å². The van der Waals surface area contributed by atoms with Crippen molar-refractivity contribution in [3.8, 4) is 0 Å². The smallest absolute Gasteiger partial charge is 0.134 e. The first-order chi connectivity index (χ1) is 7.90. The van der Waals surface area contributed by atoms with Crippen molar-refractivity contribution in [3.05, 3.63) is 12.4 Å². The number of aromatic nitrogens is 2. The molecule has 0 aromatic carbocycles. The molecule has 88 valence electrons. The summed E-state index contributed by atoms with van der Waals surface area (Å²) in [5, 5.41) is 6.60. The lowest BCUT2D eigenvalue weighted by atomic mass is 10.4. The van der Waals surface area contributed by atoms with Gasteiger partial charge >= 0.3 is 0 Å². The average Bonchev–Trinajstić information content (AvgIpc) is 2.58. The van der Waals surface area contributed by atoms with E-state index in [0.717, 1.165) is 44.4 Å². The van der Waals surface area contributed by atoms with E-state index in [-0.39, 0.29) is 0 Å². The maximum atomic E-state index is 4.33. The summed E-state index contributed by atoms with van der Waals surface area (Å²) in [6.45, 7) is 7.16. The van der Waals surface area contributed by atoms with E-state index in [2.05, 4.69) is 32.4 Å². The van der Waals surface area contributed by atoms with Gasteiger partial charge in [-0.1, -0.05) is 0 Å². The number of rotatable bonds is 3. The van der Waals surface area contributed by atoms with Crippen molar-refractivity contribution in [1.82, 2.24) is 15.3 Å². The van der Waals surface area contributed by atoms with Crippen LogP contribution in [0.1, 0.15) is 13.3 Å². The van der Waals surface area contributed by atoms with Gasteiger partial charge in [-0.05, 0) is 19.9 Å². The van der Waals surface area contributed by atoms with Crippen LogP contribution in [0.25, 0.3) is 0 Å². The van der Waals surface area contributed by atoms with Gasteiger partial charge in [0.15, 0.2) is 0 Å². The molecule has 0 unspecified atom stereocenters. The summed E-state index contributed by atoms with van der Waals surface area (Å²) in [5.41, 5.74) is 0. The van der Waals surface area contributed by atoms with Gasteiger partial charge < -0.3 is 15.5 Å². The van der Waals surface area contributed by atoms with Crippen LogP contribution in [0.5, 0.6) is 0 Å². The SMILES string of the molecule is CCNc1cc(N2CCCNCC2)ncn1. The molecule has 1 aliphatic heterocycles. The van der Waals surface area contributed by atoms with Gasteiger partial charge in [-0.25, -0.2) is 9.97 Å². The van der Waals surface area contributed by atoms with E-state index in [4.69, 9.17) is 0 Å². The molecule has 0 saturated carbocycles. The molecule has 0 amide bonds. The van der Waals surface area contributed by atoms with Crippen LogP contribution in [0.15, 0.2) is 12.4 Å². The van der Waals surface area contributed by atoms with Crippen LogP contribution in [-0.4, -0.2) is 42.7 Å². The highest BCUT2D eigenvalue weighted by atomic mass is 15.2. The molecule has 0 bridgehead atoms. The molecule has 16 heavy (non-hydrogen) atoms. The van der Waals surface area contributed by atoms with Crippen LogP contribution in [-0.2, 0) is 0 Å². The van der Waals surface area contributed by atoms with E-state index in [1.165, 1.54) is 6.42 Å². The van der Waals surface area contributed by atoms with Gasteiger partial charge in [-0.2, -0.15) is 0 Å². The minimum atomic E-state index is 0.887. The Bertz CT molecular complexity index is 320. The van der Waals surface area contributed by atoms with Crippen LogP contribution in [0.4, 0.5) is 11.6 Å². The first kappa shape index (κ1) is 11.1. The Hall–Kier alpha value is -1.36. The van der Waals surface area contributed by atoms with E-state index >= 15 is 0 Å². The molecule has 1 aromatic heterocycles. The molecule has 1 aromatic rings. The molecule has 0 aliphatic carbocycles. The zero-order valence-electron chi connectivity index (χ0n) is 9.74. The summed E-state index contributed by atoms with van der Waals surface area (Å²) in [7, 11) is 0. The highest BCUT2D eigenvalue weighted by Gasteiger charge is 2.10. The summed E-state index contributed by atoms with van der Waals surface area (Å²) in [4.78, 5) is 10.8. The minimum Gasteiger partial charge on any atom is -0.370 e. The molecular formula is C11H19N5. The standard InChI is InChI=1S/C11H19N5/c1-2-13-10-8-11(15-9-14-10)16-6-3-4-12-5-7-16/h8-9,12H,2-7H2,1H3,(H,13,14,15). The van der Waals surface area contributed by atoms with Gasteiger partial charge in [0.05, 0.1) is 0 Å². The van der Waals surface area contributed by atoms with Crippen molar-refractivity contribution in [2.45, 2.75) is 13.3 Å². The van der Waals surface area contributed by atoms with Crippen LogP contribution >= 0.6 is 0 Å². The quantitative estimate of drug-likeness (QED) is 0.787. The van der Waals surface area contributed by atoms with Crippen molar-refractivity contribution < 1.29 is 0 Å². The third-order valence-electron chi connectivity index (χ3n) is 2.67. The second-order valence-corrected chi connectivity index (χ2v) is 3.88. The third-order valence-corrected chi connectivity index (χ3v) is 2.67. The van der Waals surface area contributed by atoms with Crippen LogP contribution in [0.3, 0.4) is 0 Å². The summed E-state index contributed by atoms with van der Waals surface area (Å²) in [6.07, 6.45) is 2.80. The topological polar surface area (TPSA) is 53.1 Å². The molecule has 2 rings (SSSR count). The lowest BCUT2D eigenvalue weighted by Gasteiger charge is -2.21. The van der Waals surface area contributed by atoms with Crippen LogP contribution in [0.2, 0.25) is 0 Å². The van der Waals surface area contributed by atoms with Gasteiger partial charge in [0, 0.05) is 32.2 Å². The van der Waals surface area contributed by atoms with Crippen molar-refractivity contribution in [2.24, 2.45) is 0 Å². The number of nitrogens with one attached hydrogen (secondary N) is 2. The Morgan fingerprint density at radius 3 is 3.19 bits per heavy atom. The van der Waals surface area contributed by atoms with Gasteiger partial charge in [0.25, 0.3) is 0 Å². The normalized spacial score (nSPS) is 16.9. The molecule has 1 aliphatic rings. The second kappa shape index (κ2) is 5.65. The van der Waals surface area contributed by atoms with E-state index in [0.29, 0.717) is 0 Å². The molecule has 5 heteroatoms. The highest BCUT2D eigenvalue weighted by Crippen LogP contribution is 2.14. The molecule has 1 fully saturated rings. The number of anilines is 2. The number of hydrogen-bond acceptors (Lipinski definition) is 5. The maximum absolute atomic E-state index is 4.33. The molecule has 0 radical (unpaired) electrons. The monoisotopic (exact) mass is 221 g/mol. The predicted octanol–water partition coefficient (Wildman–Crippen LogP) is 0.708. The zero-order chi connectivity index (χ0) is 11.2. The Morgan fingerprint density at radius 1 is 1.38 bits per heavy atom. The number of nitrogens with zero attached hydrogens (tertiary/aromatic N) is 3. The Balaban J connectivity index is 2.08. The third kappa shape index (κ3) is 2.82. The molecule has 0 spiro atoms. The molecular weight excluding hydrogens is 202 g/mol. The minimum absolute atomic E-state index is 0.887. The van der Waals surface area contributed by atoms with Gasteiger partial charge in [-0.3, -0.25) is 0 Å². The van der Waals surface area contributed by atoms with Crippen LogP contribution < -0.4 is 15.5 Å². The van der Waals surface area contributed by atoms with E-state index < -0.39 is 0 Å². The molecule has 2 N–H and O–H groups in total. The van der Waals surface area contributed by atoms with E-state index in [9.17, 15) is 0 Å². The zero-order valence-corrected chi connectivity index (χ0v) is 9.74. The highest BCUT2D eigenvalue weighted by molar-refractivity contribution is 5.48. The summed E-state index contributed by atoms with van der Waals surface area (Å²) >= 11 is 0. The van der Waals surface area contributed by atoms with E-state index in [1.807, 2.05) is 6.07 Å². The van der Waals surface area contributed by atoms with Crippen molar-refractivity contribution in [3.63, 3.8) is 0 Å². The van der Waals surface area contributed by atoms with Crippen molar-refractivity contribution in [1.29, 1.82) is 0 Å². The van der Waals surface area contributed by atoms with Gasteiger partial charge in [-0.15, -0.1) is 0 Å². The fourth-order valence-electron chi connectivity index (χ4n) is 1.87. The maximum Gasteiger partial charge on any atom is 0.134 e. The van der Waals surface area contributed by atoms with Crippen LogP contribution in [0, 0.1) is 0 Å². The predicted molar refractivity (Wildman–Crippen MR) is 65.9 cm³/mol. The Kier molecular flexibility index (Phi) is 3.93. The summed E-state index contributed by atoms with van der Waals surface area (Å²) < 4.78 is 0. The Labute approximate surface area is 96.3 Å². The fourth-order valence-corrected chi connectivity index (χ4v) is 1.87. The van der Waals surface area contributed by atoms with E-state index in [1.54, 1.807) is 6.33 Å². The largest absolute Gasteiger partial charge is 0.370 e. The summed E-state index contributed by atoms with van der Waals surface area (Å²) in [6, 6.07) is 2.02. The molecule has 2 heterocycles. The van der Waals surface area contributed by atoms with Crippen molar-refractivity contribution in [2.75, 3.05) is 42.9 Å². The van der Waals surface area contributed by atoms with Crippen molar-refractivity contribution >= 4 is 11.6 Å². The molecule has 0 atom stereocenters.